The Morgan fingerprint density at radius 2 is 2.06 bits per heavy atom. The maximum atomic E-state index is 13.3. The van der Waals surface area contributed by atoms with Crippen LogP contribution < -0.4 is 15.4 Å². The molecule has 4 atom stereocenters. The molecule has 3 saturated heterocycles. The summed E-state index contributed by atoms with van der Waals surface area (Å²) in [5, 5.41) is 9.97. The second kappa shape index (κ2) is 9.30. The monoisotopic (exact) mass is 479 g/mol. The summed E-state index contributed by atoms with van der Waals surface area (Å²) in [7, 11) is -4.07. The van der Waals surface area contributed by atoms with Crippen LogP contribution >= 0.6 is 0 Å². The zero-order valence-electron chi connectivity index (χ0n) is 19.1. The van der Waals surface area contributed by atoms with Crippen LogP contribution in [-0.2, 0) is 19.6 Å². The SMILES string of the molecule is Cc1c(N2CCCC2=O)cccc1S(=O)(=O)N[C@@H](CN)C(=O)N1C[C@@H]2C[C@@H](O)CN2C[C@@H]1C. The molecule has 10 nitrogen and oxygen atoms in total. The summed E-state index contributed by atoms with van der Waals surface area (Å²) in [6, 6.07) is 3.65. The largest absolute Gasteiger partial charge is 0.392 e. The minimum atomic E-state index is -4.07. The lowest BCUT2D eigenvalue weighted by Crippen LogP contribution is -2.61. The smallest absolute Gasteiger partial charge is 0.242 e. The van der Waals surface area contributed by atoms with Crippen molar-refractivity contribution in [1.82, 2.24) is 14.5 Å². The van der Waals surface area contributed by atoms with Crippen LogP contribution in [0.1, 0.15) is 31.7 Å². The maximum Gasteiger partial charge on any atom is 0.242 e. The molecule has 11 heteroatoms. The molecular formula is C22H33N5O5S. The predicted molar refractivity (Wildman–Crippen MR) is 123 cm³/mol. The zero-order chi connectivity index (χ0) is 23.9. The van der Waals surface area contributed by atoms with Crippen molar-refractivity contribution in [2.45, 2.75) is 62.2 Å². The fourth-order valence-corrected chi connectivity index (χ4v) is 6.73. The molecule has 0 bridgehead atoms. The lowest BCUT2D eigenvalue weighted by atomic mass is 10.1. The third-order valence-electron chi connectivity index (χ3n) is 6.97. The lowest BCUT2D eigenvalue weighted by molar-refractivity contribution is -0.138. The maximum absolute atomic E-state index is 13.3. The summed E-state index contributed by atoms with van der Waals surface area (Å²) >= 11 is 0. The first-order valence-corrected chi connectivity index (χ1v) is 13.0. The van der Waals surface area contributed by atoms with Crippen LogP contribution in [0, 0.1) is 6.92 Å². The number of amides is 2. The third-order valence-corrected chi connectivity index (χ3v) is 8.58. The van der Waals surface area contributed by atoms with Gasteiger partial charge in [-0.05, 0) is 44.4 Å². The lowest BCUT2D eigenvalue weighted by Gasteiger charge is -2.43. The van der Waals surface area contributed by atoms with Crippen LogP contribution in [0.3, 0.4) is 0 Å². The number of aliphatic hydroxyl groups excluding tert-OH is 1. The summed E-state index contributed by atoms with van der Waals surface area (Å²) in [4.78, 5) is 31.0. The highest BCUT2D eigenvalue weighted by molar-refractivity contribution is 7.89. The molecule has 3 aliphatic heterocycles. The number of fused-ring (bicyclic) bond motifs is 1. The first kappa shape index (κ1) is 24.1. The molecule has 182 valence electrons. The molecule has 0 aromatic heterocycles. The molecule has 4 rings (SSSR count). The number of nitrogens with two attached hydrogens (primary N) is 1. The van der Waals surface area contributed by atoms with E-state index in [4.69, 9.17) is 5.73 Å². The highest BCUT2D eigenvalue weighted by Crippen LogP contribution is 2.30. The molecule has 3 fully saturated rings. The Morgan fingerprint density at radius 1 is 1.30 bits per heavy atom. The van der Waals surface area contributed by atoms with Gasteiger partial charge >= 0.3 is 0 Å². The molecule has 4 N–H and O–H groups in total. The average Bonchev–Trinajstić information content (AvgIpc) is 3.34. The van der Waals surface area contributed by atoms with Crippen LogP contribution in [0.5, 0.6) is 0 Å². The number of nitrogens with one attached hydrogen (secondary N) is 1. The van der Waals surface area contributed by atoms with Gasteiger partial charge in [0.25, 0.3) is 0 Å². The minimum absolute atomic E-state index is 0.0271. The Bertz CT molecular complexity index is 1030. The van der Waals surface area contributed by atoms with Crippen molar-refractivity contribution < 1.29 is 23.1 Å². The molecule has 3 aliphatic rings. The number of piperazine rings is 1. The minimum Gasteiger partial charge on any atom is -0.392 e. The predicted octanol–water partition coefficient (Wildman–Crippen LogP) is -0.607. The number of carbonyl (C=O) groups excluding carboxylic acids is 2. The van der Waals surface area contributed by atoms with Crippen molar-refractivity contribution in [3.63, 3.8) is 0 Å². The van der Waals surface area contributed by atoms with Gasteiger partial charge in [0.1, 0.15) is 6.04 Å². The van der Waals surface area contributed by atoms with E-state index in [0.29, 0.717) is 50.3 Å². The van der Waals surface area contributed by atoms with Gasteiger partial charge in [0.2, 0.25) is 21.8 Å². The van der Waals surface area contributed by atoms with E-state index in [0.717, 1.165) is 6.42 Å². The van der Waals surface area contributed by atoms with Crippen LogP contribution in [0.2, 0.25) is 0 Å². The van der Waals surface area contributed by atoms with Gasteiger partial charge in [0, 0.05) is 56.9 Å². The average molecular weight is 480 g/mol. The first-order chi connectivity index (χ1) is 15.6. The fraction of sp³-hybridized carbons (Fsp3) is 0.636. The molecular weight excluding hydrogens is 446 g/mol. The van der Waals surface area contributed by atoms with Gasteiger partial charge in [-0.15, -0.1) is 0 Å². The summed E-state index contributed by atoms with van der Waals surface area (Å²) < 4.78 is 29.1. The van der Waals surface area contributed by atoms with E-state index < -0.39 is 22.2 Å². The van der Waals surface area contributed by atoms with E-state index in [1.165, 1.54) is 6.07 Å². The van der Waals surface area contributed by atoms with E-state index >= 15 is 0 Å². The van der Waals surface area contributed by atoms with Crippen molar-refractivity contribution in [1.29, 1.82) is 0 Å². The number of hydrogen-bond donors (Lipinski definition) is 3. The van der Waals surface area contributed by atoms with Crippen LogP contribution in [0.25, 0.3) is 0 Å². The van der Waals surface area contributed by atoms with Gasteiger partial charge in [-0.1, -0.05) is 6.07 Å². The molecule has 3 heterocycles. The number of nitrogens with zero attached hydrogens (tertiary/aromatic N) is 3. The second-order valence-electron chi connectivity index (χ2n) is 9.30. The number of hydrogen-bond acceptors (Lipinski definition) is 7. The summed E-state index contributed by atoms with van der Waals surface area (Å²) in [5.41, 5.74) is 6.88. The Morgan fingerprint density at radius 3 is 2.73 bits per heavy atom. The van der Waals surface area contributed by atoms with Gasteiger partial charge in [0.05, 0.1) is 11.0 Å². The van der Waals surface area contributed by atoms with Crippen LogP contribution in [0.15, 0.2) is 23.1 Å². The molecule has 0 aliphatic carbocycles. The number of aliphatic hydroxyl groups is 1. The quantitative estimate of drug-likeness (QED) is 0.495. The molecule has 0 radical (unpaired) electrons. The third kappa shape index (κ3) is 4.65. The van der Waals surface area contributed by atoms with Crippen molar-refractivity contribution in [3.8, 4) is 0 Å². The number of carbonyl (C=O) groups is 2. The van der Waals surface area contributed by atoms with Gasteiger partial charge < -0.3 is 20.6 Å². The first-order valence-electron chi connectivity index (χ1n) is 11.5. The highest BCUT2D eigenvalue weighted by Gasteiger charge is 2.41. The molecule has 0 spiro atoms. The van der Waals surface area contributed by atoms with Crippen molar-refractivity contribution >= 4 is 27.5 Å². The van der Waals surface area contributed by atoms with E-state index in [-0.39, 0.29) is 35.3 Å². The molecule has 33 heavy (non-hydrogen) atoms. The summed E-state index contributed by atoms with van der Waals surface area (Å²) in [6.07, 6.45) is 1.37. The molecule has 0 unspecified atom stereocenters. The summed E-state index contributed by atoms with van der Waals surface area (Å²) in [6.45, 7) is 5.62. The van der Waals surface area contributed by atoms with E-state index in [2.05, 4.69) is 9.62 Å². The number of sulfonamides is 1. The van der Waals surface area contributed by atoms with E-state index in [9.17, 15) is 23.1 Å². The zero-order valence-corrected chi connectivity index (χ0v) is 19.9. The highest BCUT2D eigenvalue weighted by atomic mass is 32.2. The van der Waals surface area contributed by atoms with Crippen molar-refractivity contribution in [3.05, 3.63) is 23.8 Å². The standard InChI is InChI=1S/C22H33N5O5S/c1-14-11-25-13-17(28)9-16(25)12-27(14)22(30)18(10-23)24-33(31,32)20-6-3-5-19(15(20)2)26-8-4-7-21(26)29/h3,5-6,14,16-18,24,28H,4,7-13,23H2,1-2H3/t14-,16-,17+,18-/m0/s1. The Labute approximate surface area is 194 Å². The Hall–Kier alpha value is -2.05. The fourth-order valence-electron chi connectivity index (χ4n) is 5.26. The van der Waals surface area contributed by atoms with Gasteiger partial charge in [-0.2, -0.15) is 4.72 Å². The Kier molecular flexibility index (Phi) is 6.79. The molecule has 1 aromatic carbocycles. The second-order valence-corrected chi connectivity index (χ2v) is 11.0. The number of benzene rings is 1. The van der Waals surface area contributed by atoms with E-state index in [1.807, 2.05) is 6.92 Å². The van der Waals surface area contributed by atoms with E-state index in [1.54, 1.807) is 28.9 Å². The van der Waals surface area contributed by atoms with Crippen LogP contribution in [-0.4, -0.2) is 92.1 Å². The number of rotatable bonds is 6. The van der Waals surface area contributed by atoms with Gasteiger partial charge in [0.15, 0.2) is 0 Å². The topological polar surface area (TPSA) is 136 Å². The van der Waals surface area contributed by atoms with Crippen molar-refractivity contribution in [2.75, 3.05) is 37.6 Å². The van der Waals surface area contributed by atoms with Crippen molar-refractivity contribution in [2.24, 2.45) is 5.73 Å². The normalized spacial score (nSPS) is 27.2. The molecule has 1 aromatic rings. The van der Waals surface area contributed by atoms with Gasteiger partial charge in [-0.3, -0.25) is 14.5 Å². The molecule has 0 saturated carbocycles. The Balaban J connectivity index is 1.53. The number of anilines is 1. The van der Waals surface area contributed by atoms with Gasteiger partial charge in [-0.25, -0.2) is 8.42 Å². The summed E-state index contributed by atoms with van der Waals surface area (Å²) in [5.74, 6) is -0.390. The molecule has 2 amide bonds. The van der Waals surface area contributed by atoms with Crippen LogP contribution in [0.4, 0.5) is 5.69 Å².